The molecule has 0 bridgehead atoms. The van der Waals surface area contributed by atoms with Gasteiger partial charge in [0, 0.05) is 19.3 Å². The second-order valence-electron chi connectivity index (χ2n) is 27.8. The van der Waals surface area contributed by atoms with Crippen LogP contribution in [0.4, 0.5) is 0 Å². The SMILES string of the molecule is CC(=O)OC[C@H]1O[C@@H](O[C@@H]2[C@H](O)[C@@H](O)[C@H](O[C@@H]3C[C@@H]4CC[C@@H]5[C@H](CC[C@]6(C)[C@@H]7[C@H](C[C@@H]56)O[C@](O)(CC[C@H](C)CO[C@@H]5O[C@H](CO)[C@@H](O)[C@H](O)[C@H]5O)[C@H]7C)[C@@]4(C)C[C@H]3O)O[C@@H]2CO)[C@H](O[C@@H]2O[C@H](CO)[C@@H](O)[C@H](O)[C@H]2O)[C@@H](O[C@@H]2O[C@H](CO)[C@@H](O)[C@H](O)[C@H]2O)[C@@H]1O. The summed E-state index contributed by atoms with van der Waals surface area (Å²) in [5.74, 6) is -1.63. The van der Waals surface area contributed by atoms with E-state index in [1.165, 1.54) is 0 Å². The van der Waals surface area contributed by atoms with Crippen LogP contribution in [-0.4, -0.2) is 315 Å². The molecule has 10 aliphatic rings. The first-order chi connectivity index (χ1) is 42.5. The van der Waals surface area contributed by atoms with Crippen LogP contribution in [0.1, 0.15) is 92.4 Å². The number of hydrogen-bond donors (Lipinski definition) is 18. The number of hydrogen-bond acceptors (Lipinski definition) is 31. The number of aliphatic hydroxyl groups is 18. The highest BCUT2D eigenvalue weighted by Gasteiger charge is 2.69. The normalized spacial score (nSPS) is 54.1. The van der Waals surface area contributed by atoms with Crippen molar-refractivity contribution in [2.24, 2.45) is 52.3 Å². The van der Waals surface area contributed by atoms with Crippen molar-refractivity contribution in [3.63, 3.8) is 0 Å². The smallest absolute Gasteiger partial charge is 0.302 e. The van der Waals surface area contributed by atoms with E-state index in [1.54, 1.807) is 0 Å². The summed E-state index contributed by atoms with van der Waals surface area (Å²) in [6, 6.07) is 0. The Balaban J connectivity index is 0.792. The average Bonchev–Trinajstić information content (AvgIpc) is 1.49. The van der Waals surface area contributed by atoms with Crippen molar-refractivity contribution in [1.82, 2.24) is 0 Å². The van der Waals surface area contributed by atoms with E-state index in [4.69, 9.17) is 56.8 Å². The summed E-state index contributed by atoms with van der Waals surface area (Å²) >= 11 is 0. The van der Waals surface area contributed by atoms with Crippen LogP contribution in [0.5, 0.6) is 0 Å². The van der Waals surface area contributed by atoms with Crippen LogP contribution in [0.2, 0.25) is 0 Å². The quantitative estimate of drug-likeness (QED) is 0.0398. The average molecular weight is 1300 g/mol. The maximum absolute atomic E-state index is 12.2. The summed E-state index contributed by atoms with van der Waals surface area (Å²) in [4.78, 5) is 12.1. The van der Waals surface area contributed by atoms with Gasteiger partial charge < -0.3 is 149 Å². The van der Waals surface area contributed by atoms with Gasteiger partial charge in [0.25, 0.3) is 0 Å². The van der Waals surface area contributed by atoms with Crippen LogP contribution >= 0.6 is 0 Å². The van der Waals surface area contributed by atoms with Crippen LogP contribution in [0.15, 0.2) is 0 Å². The zero-order valence-electron chi connectivity index (χ0n) is 51.2. The molecule has 4 saturated carbocycles. The maximum atomic E-state index is 12.2. The topological polar surface area (TPSA) is 492 Å². The van der Waals surface area contributed by atoms with Crippen LogP contribution in [0, 0.1) is 52.3 Å². The number of esters is 1. The summed E-state index contributed by atoms with van der Waals surface area (Å²) in [5, 5.41) is 196. The van der Waals surface area contributed by atoms with Gasteiger partial charge in [-0.05, 0) is 97.7 Å². The number of fused-ring (bicyclic) bond motifs is 7. The fourth-order valence-corrected chi connectivity index (χ4v) is 17.4. The molecule has 31 nitrogen and oxygen atoms in total. The molecule has 31 heteroatoms. The molecule has 6 heterocycles. The van der Waals surface area contributed by atoms with Gasteiger partial charge in [-0.25, -0.2) is 0 Å². The van der Waals surface area contributed by atoms with Crippen molar-refractivity contribution < 1.29 is 154 Å². The minimum atomic E-state index is -2.11. The Labute approximate surface area is 520 Å². The van der Waals surface area contributed by atoms with E-state index < -0.39 is 211 Å². The highest BCUT2D eigenvalue weighted by atomic mass is 16.8. The zero-order chi connectivity index (χ0) is 65.4. The molecule has 10 rings (SSSR count). The molecule has 18 N–H and O–H groups in total. The molecule has 520 valence electrons. The van der Waals surface area contributed by atoms with Gasteiger partial charge in [0.1, 0.15) is 129 Å². The van der Waals surface area contributed by atoms with Gasteiger partial charge in [-0.15, -0.1) is 0 Å². The standard InChI is InChI=1S/C59H98O31/c1-21(19-80-52-45(74)41(70)37(66)31(15-60)82-52)8-11-59(78)22(2)36-30(90-59)13-27-25-7-6-24-12-29(28(65)14-58(24,5)26(25)9-10-57(27,36)4)81-53-48(77)44(73)49(34(18-63)85-53)87-56-51(89-55-47(76)43(72)39(68)33(17-62)84-55)50(40(69)35(86-56)20-79-23(3)64)88-54-46(75)42(71)38(67)32(16-61)83-54/h21-22,24-56,60-63,65-78H,6-20H2,1-5H3/t21-,22-,24-,25+,26-,27-,28+,29+,30-,31+,32+,33+,34+,35+,36-,37+,38+,39+,40+,41-,42-,43-,44+,45+,46+,47+,48+,49-,50-,51+,52+,53+,54-,55-,56-,57-,58-,59+/m0/s1. The monoisotopic (exact) mass is 1300 g/mol. The third-order valence-electron chi connectivity index (χ3n) is 22.5. The van der Waals surface area contributed by atoms with E-state index in [9.17, 15) is 96.7 Å². The minimum Gasteiger partial charge on any atom is -0.463 e. The number of ether oxygens (including phenoxy) is 12. The Kier molecular flexibility index (Phi) is 22.4. The molecule has 0 aromatic carbocycles. The van der Waals surface area contributed by atoms with Crippen molar-refractivity contribution in [2.75, 3.05) is 39.6 Å². The summed E-state index contributed by atoms with van der Waals surface area (Å²) < 4.78 is 71.4. The summed E-state index contributed by atoms with van der Waals surface area (Å²) in [7, 11) is 0. The fraction of sp³-hybridized carbons (Fsp3) is 0.983. The van der Waals surface area contributed by atoms with Crippen LogP contribution in [-0.2, 0) is 61.6 Å². The minimum absolute atomic E-state index is 0.0530. The third kappa shape index (κ3) is 13.3. The Hall–Kier alpha value is -1.69. The molecule has 0 aromatic heterocycles. The first kappa shape index (κ1) is 71.1. The van der Waals surface area contributed by atoms with Crippen molar-refractivity contribution in [2.45, 2.75) is 270 Å². The number of aliphatic hydroxyl groups excluding tert-OH is 17. The van der Waals surface area contributed by atoms with Crippen molar-refractivity contribution in [3.8, 4) is 0 Å². The van der Waals surface area contributed by atoms with Gasteiger partial charge in [0.15, 0.2) is 37.2 Å². The van der Waals surface area contributed by atoms with E-state index in [2.05, 4.69) is 20.8 Å². The maximum Gasteiger partial charge on any atom is 0.302 e. The molecular formula is C59H98O31. The molecule has 0 unspecified atom stereocenters. The first-order valence-electron chi connectivity index (χ1n) is 31.9. The van der Waals surface area contributed by atoms with Gasteiger partial charge in [-0.3, -0.25) is 4.79 Å². The fourth-order valence-electron chi connectivity index (χ4n) is 17.4. The van der Waals surface area contributed by atoms with Crippen molar-refractivity contribution in [1.29, 1.82) is 0 Å². The van der Waals surface area contributed by atoms with Crippen molar-refractivity contribution in [3.05, 3.63) is 0 Å². The third-order valence-corrected chi connectivity index (χ3v) is 22.5. The lowest BCUT2D eigenvalue weighted by Crippen LogP contribution is -2.69. The van der Waals surface area contributed by atoms with Crippen LogP contribution < -0.4 is 0 Å². The predicted octanol–water partition coefficient (Wildman–Crippen LogP) is -6.59. The molecule has 6 aliphatic heterocycles. The molecule has 6 saturated heterocycles. The summed E-state index contributed by atoms with van der Waals surface area (Å²) in [6.07, 6.45) is -41.3. The first-order valence-corrected chi connectivity index (χ1v) is 31.9. The van der Waals surface area contributed by atoms with E-state index in [0.29, 0.717) is 31.6 Å². The second kappa shape index (κ2) is 28.4. The number of carbonyl (C=O) groups excluding carboxylic acids is 1. The Morgan fingerprint density at radius 2 is 1.06 bits per heavy atom. The highest BCUT2D eigenvalue weighted by Crippen LogP contribution is 2.71. The van der Waals surface area contributed by atoms with Crippen LogP contribution in [0.3, 0.4) is 0 Å². The van der Waals surface area contributed by atoms with Gasteiger partial charge in [-0.1, -0.05) is 27.7 Å². The molecule has 0 amide bonds. The van der Waals surface area contributed by atoms with Gasteiger partial charge in [-0.2, -0.15) is 0 Å². The number of rotatable bonds is 20. The largest absolute Gasteiger partial charge is 0.463 e. The summed E-state index contributed by atoms with van der Waals surface area (Å²) in [6.45, 7) is 5.65. The molecule has 90 heavy (non-hydrogen) atoms. The van der Waals surface area contributed by atoms with E-state index in [0.717, 1.165) is 39.0 Å². The Bertz CT molecular complexity index is 2340. The predicted molar refractivity (Wildman–Crippen MR) is 295 cm³/mol. The molecule has 0 aromatic rings. The highest BCUT2D eigenvalue weighted by molar-refractivity contribution is 5.65. The van der Waals surface area contributed by atoms with Gasteiger partial charge >= 0.3 is 5.97 Å². The second-order valence-corrected chi connectivity index (χ2v) is 27.8. The van der Waals surface area contributed by atoms with Crippen LogP contribution in [0.25, 0.3) is 0 Å². The molecule has 10 fully saturated rings. The molecular weight excluding hydrogens is 1200 g/mol. The lowest BCUT2D eigenvalue weighted by Gasteiger charge is -2.62. The molecule has 0 spiro atoms. The Morgan fingerprint density at radius 1 is 0.544 bits per heavy atom. The molecule has 0 radical (unpaired) electrons. The van der Waals surface area contributed by atoms with Gasteiger partial charge in [0.05, 0.1) is 51.3 Å². The summed E-state index contributed by atoms with van der Waals surface area (Å²) in [5.41, 5.74) is -0.479. The van der Waals surface area contributed by atoms with Crippen molar-refractivity contribution >= 4 is 5.97 Å². The van der Waals surface area contributed by atoms with E-state index in [-0.39, 0.29) is 59.0 Å². The van der Waals surface area contributed by atoms with Gasteiger partial charge in [0.2, 0.25) is 0 Å². The lowest BCUT2D eigenvalue weighted by atomic mass is 9.44. The van der Waals surface area contributed by atoms with E-state index >= 15 is 0 Å². The van der Waals surface area contributed by atoms with E-state index in [1.807, 2.05) is 6.92 Å². The Morgan fingerprint density at radius 3 is 1.63 bits per heavy atom. The molecule has 38 atom stereocenters. The number of carbonyl (C=O) groups is 1. The molecule has 4 aliphatic carbocycles. The zero-order valence-corrected chi connectivity index (χ0v) is 51.2. The lowest BCUT2D eigenvalue weighted by molar-refractivity contribution is -0.407.